The molecule has 0 amide bonds. The smallest absolute Gasteiger partial charge is 0.0474 e. The van der Waals surface area contributed by atoms with Crippen molar-refractivity contribution in [2.24, 2.45) is 5.92 Å². The first kappa shape index (κ1) is 12.6. The zero-order valence-corrected chi connectivity index (χ0v) is 11.9. The highest BCUT2D eigenvalue weighted by Gasteiger charge is 2.28. The Bertz CT molecular complexity index is 342. The molecule has 1 saturated carbocycles. The maximum atomic E-state index is 9.29. The number of halogens is 1. The summed E-state index contributed by atoms with van der Waals surface area (Å²) in [7, 11) is 0. The van der Waals surface area contributed by atoms with Gasteiger partial charge in [0, 0.05) is 28.0 Å². The van der Waals surface area contributed by atoms with E-state index < -0.39 is 0 Å². The maximum Gasteiger partial charge on any atom is 0.0474 e. The van der Waals surface area contributed by atoms with Crippen molar-refractivity contribution >= 4 is 27.3 Å². The number of rotatable bonds is 4. The Labute approximate surface area is 109 Å². The topological polar surface area (TPSA) is 32.3 Å². The quantitative estimate of drug-likeness (QED) is 0.894. The summed E-state index contributed by atoms with van der Waals surface area (Å²) in [6, 6.07) is 2.94. The molecule has 2 nitrogen and oxygen atoms in total. The third-order valence-corrected chi connectivity index (χ3v) is 5.45. The number of nitrogens with one attached hydrogen (secondary N) is 1. The fourth-order valence-corrected chi connectivity index (χ4v) is 4.22. The van der Waals surface area contributed by atoms with E-state index >= 15 is 0 Å². The summed E-state index contributed by atoms with van der Waals surface area (Å²) in [5.74, 6) is 0.446. The zero-order chi connectivity index (χ0) is 11.5. The first-order chi connectivity index (χ1) is 7.72. The van der Waals surface area contributed by atoms with Crippen LogP contribution in [0, 0.1) is 5.92 Å². The van der Waals surface area contributed by atoms with Crippen molar-refractivity contribution in [3.05, 3.63) is 20.8 Å². The van der Waals surface area contributed by atoms with Gasteiger partial charge in [-0.3, -0.25) is 0 Å². The second kappa shape index (κ2) is 5.63. The minimum Gasteiger partial charge on any atom is -0.396 e. The molecule has 0 aromatic carbocycles. The van der Waals surface area contributed by atoms with Crippen LogP contribution in [0.3, 0.4) is 0 Å². The summed E-state index contributed by atoms with van der Waals surface area (Å²) in [5, 5.41) is 15.0. The minimum absolute atomic E-state index is 0.315. The van der Waals surface area contributed by atoms with Crippen LogP contribution in [0.1, 0.15) is 37.1 Å². The van der Waals surface area contributed by atoms with Crippen molar-refractivity contribution in [3.63, 3.8) is 0 Å². The van der Waals surface area contributed by atoms with Crippen LogP contribution >= 0.6 is 27.3 Å². The molecule has 4 heteroatoms. The molecule has 16 heavy (non-hydrogen) atoms. The van der Waals surface area contributed by atoms with E-state index in [1.54, 1.807) is 11.3 Å². The van der Waals surface area contributed by atoms with Crippen molar-refractivity contribution in [1.82, 2.24) is 5.32 Å². The van der Waals surface area contributed by atoms with Gasteiger partial charge in [-0.1, -0.05) is 6.42 Å². The van der Waals surface area contributed by atoms with Gasteiger partial charge in [0.2, 0.25) is 0 Å². The third-order valence-electron chi connectivity index (χ3n) is 3.40. The van der Waals surface area contributed by atoms with Crippen LogP contribution in [0.5, 0.6) is 0 Å². The molecule has 3 unspecified atom stereocenters. The Balaban J connectivity index is 1.97. The normalized spacial score (nSPS) is 27.2. The van der Waals surface area contributed by atoms with E-state index in [-0.39, 0.29) is 0 Å². The lowest BCUT2D eigenvalue weighted by atomic mass is 10.0. The molecule has 2 N–H and O–H groups in total. The van der Waals surface area contributed by atoms with Crippen LogP contribution in [-0.4, -0.2) is 17.8 Å². The summed E-state index contributed by atoms with van der Waals surface area (Å²) in [5.41, 5.74) is 0. The molecule has 0 aliphatic heterocycles. The molecule has 0 spiro atoms. The first-order valence-electron chi connectivity index (χ1n) is 5.82. The molecule has 3 atom stereocenters. The van der Waals surface area contributed by atoms with Gasteiger partial charge in [0.15, 0.2) is 0 Å². The summed E-state index contributed by atoms with van der Waals surface area (Å²) >= 11 is 5.35. The Morgan fingerprint density at radius 2 is 2.44 bits per heavy atom. The molecule has 1 aliphatic carbocycles. The van der Waals surface area contributed by atoms with Gasteiger partial charge < -0.3 is 10.4 Å². The Morgan fingerprint density at radius 3 is 3.06 bits per heavy atom. The monoisotopic (exact) mass is 303 g/mol. The summed E-state index contributed by atoms with van der Waals surface area (Å²) < 4.78 is 1.19. The molecule has 0 bridgehead atoms. The van der Waals surface area contributed by atoms with Gasteiger partial charge in [0.1, 0.15) is 0 Å². The van der Waals surface area contributed by atoms with Gasteiger partial charge in [-0.05, 0) is 53.1 Å². The standard InChI is InChI=1S/C12H18BrNOS/c1-8(12-10(13)5-6-16-12)14-11-4-2-3-9(11)7-15/h5-6,8-9,11,14-15H,2-4,7H2,1H3. The summed E-state index contributed by atoms with van der Waals surface area (Å²) in [6.45, 7) is 2.51. The van der Waals surface area contributed by atoms with E-state index in [0.717, 1.165) is 6.42 Å². The van der Waals surface area contributed by atoms with Crippen molar-refractivity contribution in [2.45, 2.75) is 38.3 Å². The van der Waals surface area contributed by atoms with Crippen molar-refractivity contribution in [1.29, 1.82) is 0 Å². The SMILES string of the molecule is CC(NC1CCCC1CO)c1sccc1Br. The molecule has 1 heterocycles. The highest BCUT2D eigenvalue weighted by molar-refractivity contribution is 9.10. The number of aliphatic hydroxyl groups is 1. The fourth-order valence-electron chi connectivity index (χ4n) is 2.49. The van der Waals surface area contributed by atoms with E-state index in [0.29, 0.717) is 24.6 Å². The molecular formula is C12H18BrNOS. The van der Waals surface area contributed by atoms with Gasteiger partial charge in [-0.2, -0.15) is 0 Å². The van der Waals surface area contributed by atoms with Gasteiger partial charge >= 0.3 is 0 Å². The van der Waals surface area contributed by atoms with Crippen molar-refractivity contribution in [3.8, 4) is 0 Å². The van der Waals surface area contributed by atoms with Crippen LogP contribution in [0.15, 0.2) is 15.9 Å². The molecule has 1 aromatic heterocycles. The molecule has 0 radical (unpaired) electrons. The minimum atomic E-state index is 0.315. The number of thiophene rings is 1. The van der Waals surface area contributed by atoms with E-state index in [1.807, 2.05) is 0 Å². The second-order valence-corrected chi connectivity index (χ2v) is 6.30. The van der Waals surface area contributed by atoms with E-state index in [4.69, 9.17) is 0 Å². The van der Waals surface area contributed by atoms with Gasteiger partial charge in [0.25, 0.3) is 0 Å². The lowest BCUT2D eigenvalue weighted by Gasteiger charge is -2.23. The number of hydrogen-bond acceptors (Lipinski definition) is 3. The van der Waals surface area contributed by atoms with Crippen molar-refractivity contribution in [2.75, 3.05) is 6.61 Å². The van der Waals surface area contributed by atoms with E-state index in [1.165, 1.54) is 22.2 Å². The van der Waals surface area contributed by atoms with Crippen LogP contribution in [0.2, 0.25) is 0 Å². The summed E-state index contributed by atoms with van der Waals surface area (Å²) in [6.07, 6.45) is 3.59. The number of aliphatic hydroxyl groups excluding tert-OH is 1. The van der Waals surface area contributed by atoms with Crippen molar-refractivity contribution < 1.29 is 5.11 Å². The van der Waals surface area contributed by atoms with Crippen LogP contribution in [-0.2, 0) is 0 Å². The van der Waals surface area contributed by atoms with E-state index in [9.17, 15) is 5.11 Å². The third kappa shape index (κ3) is 2.67. The number of hydrogen-bond donors (Lipinski definition) is 2. The molecule has 1 aliphatic rings. The average Bonchev–Trinajstić information content (AvgIpc) is 2.86. The Kier molecular flexibility index (Phi) is 4.41. The van der Waals surface area contributed by atoms with Gasteiger partial charge in [0.05, 0.1) is 0 Å². The molecule has 0 saturated heterocycles. The fraction of sp³-hybridized carbons (Fsp3) is 0.667. The van der Waals surface area contributed by atoms with Crippen LogP contribution in [0.4, 0.5) is 0 Å². The molecule has 1 fully saturated rings. The van der Waals surface area contributed by atoms with Crippen LogP contribution < -0.4 is 5.32 Å². The predicted octanol–water partition coefficient (Wildman–Crippen LogP) is 3.32. The summed E-state index contributed by atoms with van der Waals surface area (Å²) in [4.78, 5) is 1.35. The van der Waals surface area contributed by atoms with Crippen LogP contribution in [0.25, 0.3) is 0 Å². The highest BCUT2D eigenvalue weighted by atomic mass is 79.9. The molecule has 2 rings (SSSR count). The Morgan fingerprint density at radius 1 is 1.62 bits per heavy atom. The lowest BCUT2D eigenvalue weighted by Crippen LogP contribution is -2.35. The molecule has 1 aromatic rings. The lowest BCUT2D eigenvalue weighted by molar-refractivity contribution is 0.201. The maximum absolute atomic E-state index is 9.29. The van der Waals surface area contributed by atoms with Gasteiger partial charge in [-0.15, -0.1) is 11.3 Å². The largest absolute Gasteiger partial charge is 0.396 e. The zero-order valence-electron chi connectivity index (χ0n) is 9.45. The predicted molar refractivity (Wildman–Crippen MR) is 71.8 cm³/mol. The Hall–Kier alpha value is 0.100. The first-order valence-corrected chi connectivity index (χ1v) is 7.49. The average molecular weight is 304 g/mol. The second-order valence-electron chi connectivity index (χ2n) is 4.50. The van der Waals surface area contributed by atoms with Gasteiger partial charge in [-0.25, -0.2) is 0 Å². The van der Waals surface area contributed by atoms with E-state index in [2.05, 4.69) is 39.6 Å². The molecular weight excluding hydrogens is 286 g/mol. The highest BCUT2D eigenvalue weighted by Crippen LogP contribution is 2.32. The molecule has 90 valence electrons.